The van der Waals surface area contributed by atoms with Crippen molar-refractivity contribution in [3.05, 3.63) is 60.2 Å². The molecule has 2 aromatic rings. The molecule has 2 atom stereocenters. The highest BCUT2D eigenvalue weighted by Crippen LogP contribution is 2.21. The van der Waals surface area contributed by atoms with Gasteiger partial charge >= 0.3 is 0 Å². The van der Waals surface area contributed by atoms with Gasteiger partial charge in [0, 0.05) is 6.26 Å². The first-order valence-electron chi connectivity index (χ1n) is 7.26. The monoisotopic (exact) mass is 387 g/mol. The Kier molecular flexibility index (Phi) is 5.94. The molecular weight excluding hydrogens is 369 g/mol. The second-order valence-electron chi connectivity index (χ2n) is 5.48. The van der Waals surface area contributed by atoms with E-state index >= 15 is 0 Å². The summed E-state index contributed by atoms with van der Waals surface area (Å²) in [7, 11) is -7.41. The summed E-state index contributed by atoms with van der Waals surface area (Å²) >= 11 is 0. The Morgan fingerprint density at radius 3 is 2.00 bits per heavy atom. The van der Waals surface area contributed by atoms with Gasteiger partial charge in [-0.15, -0.1) is 0 Å². The highest BCUT2D eigenvalue weighted by Gasteiger charge is 2.27. The zero-order chi connectivity index (χ0) is 18.7. The van der Waals surface area contributed by atoms with Crippen molar-refractivity contribution in [2.24, 2.45) is 0 Å². The Labute approximate surface area is 146 Å². The number of alkyl halides is 1. The van der Waals surface area contributed by atoms with E-state index in [-0.39, 0.29) is 15.4 Å². The van der Waals surface area contributed by atoms with E-state index in [1.165, 1.54) is 48.5 Å². The Morgan fingerprint density at radius 1 is 0.960 bits per heavy atom. The van der Waals surface area contributed by atoms with Crippen molar-refractivity contribution in [1.29, 1.82) is 0 Å². The Balaban J connectivity index is 2.23. The molecule has 0 aromatic heterocycles. The van der Waals surface area contributed by atoms with Gasteiger partial charge in [0.1, 0.15) is 6.67 Å². The first kappa shape index (κ1) is 19.5. The lowest BCUT2D eigenvalue weighted by molar-refractivity contribution is 0.124. The van der Waals surface area contributed by atoms with Crippen LogP contribution in [0.5, 0.6) is 0 Å². The number of benzene rings is 2. The van der Waals surface area contributed by atoms with Gasteiger partial charge in [-0.1, -0.05) is 30.3 Å². The predicted octanol–water partition coefficient (Wildman–Crippen LogP) is 1.44. The summed E-state index contributed by atoms with van der Waals surface area (Å²) in [6.45, 7) is -1.14. The third-order valence-corrected chi connectivity index (χ3v) is 6.19. The van der Waals surface area contributed by atoms with Crippen molar-refractivity contribution in [2.75, 3.05) is 12.9 Å². The van der Waals surface area contributed by atoms with Crippen molar-refractivity contribution in [1.82, 2.24) is 4.72 Å². The summed E-state index contributed by atoms with van der Waals surface area (Å²) in [5, 5.41) is 10.3. The Bertz CT molecular complexity index is 913. The van der Waals surface area contributed by atoms with Crippen molar-refractivity contribution >= 4 is 19.9 Å². The fraction of sp³-hybridized carbons (Fsp3) is 0.250. The maximum absolute atomic E-state index is 13.3. The van der Waals surface area contributed by atoms with Crippen molar-refractivity contribution < 1.29 is 26.3 Å². The molecule has 2 unspecified atom stereocenters. The first-order valence-corrected chi connectivity index (χ1v) is 10.6. The van der Waals surface area contributed by atoms with E-state index in [0.29, 0.717) is 0 Å². The van der Waals surface area contributed by atoms with E-state index in [1.807, 2.05) is 0 Å². The quantitative estimate of drug-likeness (QED) is 0.749. The van der Waals surface area contributed by atoms with Crippen LogP contribution in [0.25, 0.3) is 0 Å². The number of hydrogen-bond donors (Lipinski definition) is 2. The van der Waals surface area contributed by atoms with Crippen molar-refractivity contribution in [3.8, 4) is 0 Å². The number of halogens is 1. The molecular formula is C16H18FNO5S2. The Morgan fingerprint density at radius 2 is 1.52 bits per heavy atom. The van der Waals surface area contributed by atoms with Crippen LogP contribution in [0.2, 0.25) is 0 Å². The Hall–Kier alpha value is -1.81. The predicted molar refractivity (Wildman–Crippen MR) is 91.0 cm³/mol. The van der Waals surface area contributed by atoms with E-state index in [1.54, 1.807) is 6.07 Å². The molecule has 136 valence electrons. The minimum absolute atomic E-state index is 0.0464. The van der Waals surface area contributed by atoms with Gasteiger partial charge in [-0.05, 0) is 29.8 Å². The topological polar surface area (TPSA) is 101 Å². The molecule has 0 fully saturated rings. The van der Waals surface area contributed by atoms with Gasteiger partial charge in [-0.2, -0.15) is 0 Å². The maximum Gasteiger partial charge on any atom is 0.241 e. The van der Waals surface area contributed by atoms with E-state index in [4.69, 9.17) is 0 Å². The molecule has 0 saturated carbocycles. The number of nitrogens with one attached hydrogen (secondary N) is 1. The van der Waals surface area contributed by atoms with Crippen LogP contribution in [0.3, 0.4) is 0 Å². The molecule has 2 rings (SSSR count). The van der Waals surface area contributed by atoms with Crippen LogP contribution in [-0.4, -0.2) is 40.9 Å². The lowest BCUT2D eigenvalue weighted by Gasteiger charge is -2.22. The maximum atomic E-state index is 13.3. The molecule has 0 aliphatic carbocycles. The van der Waals surface area contributed by atoms with Gasteiger partial charge in [0.05, 0.1) is 21.9 Å². The van der Waals surface area contributed by atoms with Gasteiger partial charge in [0.25, 0.3) is 0 Å². The molecule has 0 bridgehead atoms. The lowest BCUT2D eigenvalue weighted by atomic mass is 10.0. The molecule has 0 radical (unpaired) electrons. The average Bonchev–Trinajstić information content (AvgIpc) is 2.59. The first-order chi connectivity index (χ1) is 11.6. The molecule has 0 heterocycles. The minimum Gasteiger partial charge on any atom is -0.387 e. The molecule has 0 aliphatic heterocycles. The third kappa shape index (κ3) is 4.85. The van der Waals surface area contributed by atoms with Gasteiger partial charge in [0.2, 0.25) is 10.0 Å². The highest BCUT2D eigenvalue weighted by molar-refractivity contribution is 7.90. The highest BCUT2D eigenvalue weighted by atomic mass is 32.2. The van der Waals surface area contributed by atoms with Crippen molar-refractivity contribution in [2.45, 2.75) is 21.9 Å². The van der Waals surface area contributed by atoms with E-state index in [2.05, 4.69) is 4.72 Å². The van der Waals surface area contributed by atoms with E-state index in [9.17, 15) is 26.3 Å². The largest absolute Gasteiger partial charge is 0.387 e. The summed E-state index contributed by atoms with van der Waals surface area (Å²) in [5.74, 6) is 0. The minimum atomic E-state index is -4.00. The molecule has 0 spiro atoms. The SMILES string of the molecule is CS(=O)(=O)c1ccc(C(O)C(CF)NS(=O)(=O)c2ccccc2)cc1. The summed E-state index contributed by atoms with van der Waals surface area (Å²) in [5.41, 5.74) is 0.200. The normalized spacial score (nSPS) is 14.8. The molecule has 25 heavy (non-hydrogen) atoms. The summed E-state index contributed by atoms with van der Waals surface area (Å²) in [6.07, 6.45) is -0.436. The second-order valence-corrected chi connectivity index (χ2v) is 9.21. The number of sulfone groups is 1. The molecule has 2 aromatic carbocycles. The number of hydrogen-bond acceptors (Lipinski definition) is 5. The molecule has 0 saturated heterocycles. The van der Waals surface area contributed by atoms with Crippen LogP contribution in [0, 0.1) is 0 Å². The van der Waals surface area contributed by atoms with Crippen LogP contribution in [0.4, 0.5) is 4.39 Å². The summed E-state index contributed by atoms with van der Waals surface area (Å²) in [6, 6.07) is 11.2. The fourth-order valence-corrected chi connectivity index (χ4v) is 4.06. The smallest absolute Gasteiger partial charge is 0.241 e. The van der Waals surface area contributed by atoms with Gasteiger partial charge < -0.3 is 5.11 Å². The zero-order valence-corrected chi connectivity index (χ0v) is 15.0. The number of aliphatic hydroxyl groups excluding tert-OH is 1. The van der Waals surface area contributed by atoms with Crippen LogP contribution >= 0.6 is 0 Å². The standard InChI is InChI=1S/C16H18FNO5S2/c1-24(20,21)13-9-7-12(8-10-13)16(19)15(11-17)18-25(22,23)14-5-3-2-4-6-14/h2-10,15-16,18-19H,11H2,1H3. The zero-order valence-electron chi connectivity index (χ0n) is 13.3. The van der Waals surface area contributed by atoms with Gasteiger partial charge in [0.15, 0.2) is 9.84 Å². The number of sulfonamides is 1. The van der Waals surface area contributed by atoms with Gasteiger partial charge in [-0.3, -0.25) is 0 Å². The van der Waals surface area contributed by atoms with E-state index in [0.717, 1.165) is 6.26 Å². The third-order valence-electron chi connectivity index (χ3n) is 3.56. The van der Waals surface area contributed by atoms with Crippen LogP contribution in [-0.2, 0) is 19.9 Å². The fourth-order valence-electron chi connectivity index (χ4n) is 2.19. The van der Waals surface area contributed by atoms with Crippen LogP contribution in [0.1, 0.15) is 11.7 Å². The average molecular weight is 387 g/mol. The van der Waals surface area contributed by atoms with Gasteiger partial charge in [-0.25, -0.2) is 25.9 Å². The number of aliphatic hydroxyl groups is 1. The van der Waals surface area contributed by atoms with Crippen LogP contribution in [0.15, 0.2) is 64.4 Å². The van der Waals surface area contributed by atoms with Crippen molar-refractivity contribution in [3.63, 3.8) is 0 Å². The van der Waals surface area contributed by atoms with Crippen LogP contribution < -0.4 is 4.72 Å². The molecule has 9 heteroatoms. The second kappa shape index (κ2) is 7.61. The summed E-state index contributed by atoms with van der Waals surface area (Å²) < 4.78 is 62.8. The number of rotatable bonds is 7. The summed E-state index contributed by atoms with van der Waals surface area (Å²) in [4.78, 5) is -0.00168. The molecule has 0 amide bonds. The molecule has 6 nitrogen and oxygen atoms in total. The van der Waals surface area contributed by atoms with E-state index < -0.39 is 38.7 Å². The lowest BCUT2D eigenvalue weighted by Crippen LogP contribution is -2.40. The molecule has 2 N–H and O–H groups in total. The molecule has 0 aliphatic rings.